The summed E-state index contributed by atoms with van der Waals surface area (Å²) in [5, 5.41) is 10.6. The van der Waals surface area contributed by atoms with Crippen molar-refractivity contribution in [2.45, 2.75) is 29.9 Å². The van der Waals surface area contributed by atoms with Crippen LogP contribution in [-0.4, -0.2) is 39.3 Å². The molecule has 0 aliphatic carbocycles. The van der Waals surface area contributed by atoms with Gasteiger partial charge in [-0.05, 0) is 18.9 Å². The summed E-state index contributed by atoms with van der Waals surface area (Å²) in [4.78, 5) is 15.4. The summed E-state index contributed by atoms with van der Waals surface area (Å²) in [5.74, 6) is -0.797. The zero-order chi connectivity index (χ0) is 19.0. The fraction of sp³-hybridized carbons (Fsp3) is 0.353. The van der Waals surface area contributed by atoms with Gasteiger partial charge in [0.05, 0.1) is 6.10 Å². The number of piperidine rings is 1. The van der Waals surface area contributed by atoms with E-state index in [1.807, 2.05) is 0 Å². The number of hydrogen-bond acceptors (Lipinski definition) is 8. The van der Waals surface area contributed by atoms with E-state index in [9.17, 15) is 13.9 Å². The summed E-state index contributed by atoms with van der Waals surface area (Å²) in [6, 6.07) is 4.11. The Hall–Kier alpha value is -2.04. The minimum atomic E-state index is -0.871. The molecule has 0 radical (unpaired) electrons. The zero-order valence-electron chi connectivity index (χ0n) is 14.2. The molecule has 142 valence electrons. The van der Waals surface area contributed by atoms with E-state index in [2.05, 4.69) is 19.9 Å². The van der Waals surface area contributed by atoms with Crippen LogP contribution in [0.3, 0.4) is 0 Å². The number of nitrogen functional groups attached to an aromatic ring is 1. The van der Waals surface area contributed by atoms with Gasteiger partial charge in [-0.2, -0.15) is 0 Å². The third kappa shape index (κ3) is 3.83. The highest BCUT2D eigenvalue weighted by molar-refractivity contribution is 7.98. The third-order valence-corrected chi connectivity index (χ3v) is 6.15. The maximum absolute atomic E-state index is 13.9. The molecule has 4 rings (SSSR count). The maximum Gasteiger partial charge on any atom is 0.191 e. The average molecular weight is 409 g/mol. The third-order valence-electron chi connectivity index (χ3n) is 4.38. The smallest absolute Gasteiger partial charge is 0.191 e. The van der Waals surface area contributed by atoms with Crippen molar-refractivity contribution in [3.05, 3.63) is 35.4 Å². The van der Waals surface area contributed by atoms with Gasteiger partial charge in [-0.25, -0.2) is 23.7 Å². The first-order chi connectivity index (χ1) is 13.0. The second-order valence-corrected chi connectivity index (χ2v) is 8.23. The molecule has 1 aliphatic rings. The number of aromatic nitrogens is 3. The van der Waals surface area contributed by atoms with Gasteiger partial charge in [0.1, 0.15) is 4.70 Å². The molecule has 0 bridgehead atoms. The van der Waals surface area contributed by atoms with Crippen molar-refractivity contribution in [1.82, 2.24) is 15.0 Å². The SMILES string of the molecule is Nc1nc2nc(SCc3cccc(F)c3F)nc(N3CCC(O)CC3)c2s1. The van der Waals surface area contributed by atoms with Crippen LogP contribution < -0.4 is 10.6 Å². The molecular weight excluding hydrogens is 392 g/mol. The van der Waals surface area contributed by atoms with Gasteiger partial charge >= 0.3 is 0 Å². The van der Waals surface area contributed by atoms with Gasteiger partial charge in [-0.3, -0.25) is 0 Å². The van der Waals surface area contributed by atoms with Crippen molar-refractivity contribution in [1.29, 1.82) is 0 Å². The normalized spacial score (nSPS) is 15.6. The number of fused-ring (bicyclic) bond motifs is 1. The van der Waals surface area contributed by atoms with Crippen LogP contribution >= 0.6 is 23.1 Å². The molecule has 0 spiro atoms. The van der Waals surface area contributed by atoms with E-state index in [1.54, 1.807) is 0 Å². The molecule has 1 fully saturated rings. The number of anilines is 2. The minimum absolute atomic E-state index is 0.201. The zero-order valence-corrected chi connectivity index (χ0v) is 15.9. The molecule has 2 aromatic heterocycles. The Morgan fingerprint density at radius 1 is 1.22 bits per heavy atom. The highest BCUT2D eigenvalue weighted by Crippen LogP contribution is 2.34. The van der Waals surface area contributed by atoms with E-state index < -0.39 is 11.6 Å². The van der Waals surface area contributed by atoms with E-state index in [-0.39, 0.29) is 17.4 Å². The second kappa shape index (κ2) is 7.53. The fourth-order valence-corrected chi connectivity index (χ4v) is 4.56. The van der Waals surface area contributed by atoms with E-state index >= 15 is 0 Å². The monoisotopic (exact) mass is 409 g/mol. The molecule has 0 unspecified atom stereocenters. The largest absolute Gasteiger partial charge is 0.393 e. The number of aliphatic hydroxyl groups is 1. The highest BCUT2D eigenvalue weighted by Gasteiger charge is 2.23. The van der Waals surface area contributed by atoms with Crippen molar-refractivity contribution in [2.24, 2.45) is 0 Å². The predicted molar refractivity (Wildman–Crippen MR) is 103 cm³/mol. The summed E-state index contributed by atoms with van der Waals surface area (Å²) in [7, 11) is 0. The lowest BCUT2D eigenvalue weighted by Crippen LogP contribution is -2.36. The molecule has 0 atom stereocenters. The average Bonchev–Trinajstić information content (AvgIpc) is 3.03. The molecule has 6 nitrogen and oxygen atoms in total. The number of halogens is 2. The Labute approximate surface area is 162 Å². The van der Waals surface area contributed by atoms with Crippen LogP contribution in [0.1, 0.15) is 18.4 Å². The number of nitrogens with two attached hydrogens (primary N) is 1. The lowest BCUT2D eigenvalue weighted by atomic mass is 10.1. The topological polar surface area (TPSA) is 88.2 Å². The van der Waals surface area contributed by atoms with Crippen molar-refractivity contribution >= 4 is 44.4 Å². The summed E-state index contributed by atoms with van der Waals surface area (Å²) in [5.41, 5.74) is 6.60. The molecule has 27 heavy (non-hydrogen) atoms. The maximum atomic E-state index is 13.9. The molecule has 0 amide bonds. The Morgan fingerprint density at radius 3 is 2.78 bits per heavy atom. The fourth-order valence-electron chi connectivity index (χ4n) is 2.97. The van der Waals surface area contributed by atoms with Crippen molar-refractivity contribution in [3.63, 3.8) is 0 Å². The Bertz CT molecular complexity index is 975. The summed E-state index contributed by atoms with van der Waals surface area (Å²) < 4.78 is 28.1. The van der Waals surface area contributed by atoms with Crippen LogP contribution in [0.4, 0.5) is 19.7 Å². The Kier molecular flexibility index (Phi) is 5.11. The van der Waals surface area contributed by atoms with Crippen molar-refractivity contribution in [2.75, 3.05) is 23.7 Å². The lowest BCUT2D eigenvalue weighted by Gasteiger charge is -2.30. The standard InChI is InChI=1S/C17H17F2N5OS2/c18-11-3-1-2-9(12(11)19)8-26-17-22-14-13(27-16(20)21-14)15(23-17)24-6-4-10(25)5-7-24/h1-3,10,25H,4-8H2,(H2,20,21,22,23). The van der Waals surface area contributed by atoms with Crippen LogP contribution in [0.5, 0.6) is 0 Å². The molecule has 3 aromatic rings. The number of thioether (sulfide) groups is 1. The molecule has 3 N–H and O–H groups in total. The van der Waals surface area contributed by atoms with E-state index in [0.29, 0.717) is 41.9 Å². The van der Waals surface area contributed by atoms with Crippen LogP contribution in [0.2, 0.25) is 0 Å². The summed E-state index contributed by atoms with van der Waals surface area (Å²) in [6.07, 6.45) is 1.03. The van der Waals surface area contributed by atoms with Gasteiger partial charge in [0.15, 0.2) is 33.4 Å². The molecule has 1 aliphatic heterocycles. The molecule has 3 heterocycles. The number of aliphatic hydroxyl groups excluding tert-OH is 1. The Morgan fingerprint density at radius 2 is 2.00 bits per heavy atom. The lowest BCUT2D eigenvalue weighted by molar-refractivity contribution is 0.145. The molecular formula is C17H17F2N5OS2. The van der Waals surface area contributed by atoms with Crippen molar-refractivity contribution < 1.29 is 13.9 Å². The number of rotatable bonds is 4. The molecule has 1 aromatic carbocycles. The number of hydrogen-bond donors (Lipinski definition) is 2. The predicted octanol–water partition coefficient (Wildman–Crippen LogP) is 3.20. The Balaban J connectivity index is 1.64. The van der Waals surface area contributed by atoms with Gasteiger partial charge in [0.25, 0.3) is 0 Å². The van der Waals surface area contributed by atoms with Crippen LogP contribution in [0, 0.1) is 11.6 Å². The van der Waals surface area contributed by atoms with Gasteiger partial charge < -0.3 is 15.7 Å². The van der Waals surface area contributed by atoms with Gasteiger partial charge in [0, 0.05) is 24.4 Å². The summed E-state index contributed by atoms with van der Waals surface area (Å²) >= 11 is 2.54. The minimum Gasteiger partial charge on any atom is -0.393 e. The first kappa shape index (κ1) is 18.3. The van der Waals surface area contributed by atoms with Gasteiger partial charge in [-0.15, -0.1) is 0 Å². The first-order valence-electron chi connectivity index (χ1n) is 8.44. The number of nitrogens with zero attached hydrogens (tertiary/aromatic N) is 4. The van der Waals surface area contributed by atoms with Crippen LogP contribution in [0.25, 0.3) is 10.3 Å². The van der Waals surface area contributed by atoms with E-state index in [4.69, 9.17) is 5.73 Å². The molecule has 10 heteroatoms. The van der Waals surface area contributed by atoms with Crippen LogP contribution in [0.15, 0.2) is 23.4 Å². The van der Waals surface area contributed by atoms with E-state index in [1.165, 1.54) is 35.2 Å². The first-order valence-corrected chi connectivity index (χ1v) is 10.2. The quantitative estimate of drug-likeness (QED) is 0.505. The van der Waals surface area contributed by atoms with Gasteiger partial charge in [0.2, 0.25) is 0 Å². The second-order valence-electron chi connectivity index (χ2n) is 6.25. The van der Waals surface area contributed by atoms with Crippen molar-refractivity contribution in [3.8, 4) is 0 Å². The molecule has 0 saturated carbocycles. The van der Waals surface area contributed by atoms with Crippen LogP contribution in [-0.2, 0) is 5.75 Å². The summed E-state index contributed by atoms with van der Waals surface area (Å²) in [6.45, 7) is 1.35. The number of thiazole rings is 1. The number of benzene rings is 1. The molecule has 1 saturated heterocycles. The van der Waals surface area contributed by atoms with Gasteiger partial charge in [-0.1, -0.05) is 35.2 Å². The highest BCUT2D eigenvalue weighted by atomic mass is 32.2. The van der Waals surface area contributed by atoms with E-state index in [0.717, 1.165) is 16.6 Å².